The maximum atomic E-state index is 11.4. The first-order valence-electron chi connectivity index (χ1n) is 5.29. The lowest BCUT2D eigenvalue weighted by Gasteiger charge is -2.17. The molecular weight excluding hydrogens is 254 g/mol. The molecule has 0 radical (unpaired) electrons. The average molecular weight is 269 g/mol. The molecule has 0 aliphatic rings. The zero-order chi connectivity index (χ0) is 13.8. The van der Waals surface area contributed by atoms with Gasteiger partial charge in [0, 0.05) is 15.8 Å². The first-order valence-corrected chi connectivity index (χ1v) is 6.11. The standard InChI is InChI=1S/C12H15NO4S/c1-8-3-4-9(18-8)5-6-10(14)13-7-12(2,17)11(15)16/h3-6,17H,7H2,1-2H3,(H,13,14)(H,15,16). The van der Waals surface area contributed by atoms with E-state index in [2.05, 4.69) is 5.32 Å². The SMILES string of the molecule is Cc1ccc(C=CC(=O)NCC(C)(O)C(=O)O)s1. The van der Waals surface area contributed by atoms with Gasteiger partial charge in [-0.1, -0.05) is 0 Å². The van der Waals surface area contributed by atoms with Crippen molar-refractivity contribution in [1.29, 1.82) is 0 Å². The minimum atomic E-state index is -1.96. The number of rotatable bonds is 5. The topological polar surface area (TPSA) is 86.6 Å². The van der Waals surface area contributed by atoms with Crippen molar-refractivity contribution >= 4 is 29.3 Å². The lowest BCUT2D eigenvalue weighted by Crippen LogP contribution is -2.46. The monoisotopic (exact) mass is 269 g/mol. The van der Waals surface area contributed by atoms with Crippen LogP contribution in [0.2, 0.25) is 0 Å². The molecule has 0 aliphatic carbocycles. The first kappa shape index (κ1) is 14.4. The van der Waals surface area contributed by atoms with Crippen LogP contribution in [0.4, 0.5) is 0 Å². The van der Waals surface area contributed by atoms with Crippen LogP contribution in [0, 0.1) is 6.92 Å². The number of amides is 1. The van der Waals surface area contributed by atoms with E-state index in [9.17, 15) is 14.7 Å². The predicted octanol–water partition coefficient (Wildman–Crippen LogP) is 1.02. The molecule has 1 atom stereocenters. The number of aryl methyl sites for hydroxylation is 1. The minimum absolute atomic E-state index is 0.338. The molecule has 0 fully saturated rings. The number of carbonyl (C=O) groups is 2. The third-order valence-electron chi connectivity index (χ3n) is 2.23. The van der Waals surface area contributed by atoms with Gasteiger partial charge in [0.05, 0.1) is 6.54 Å². The molecular formula is C12H15NO4S. The molecule has 0 spiro atoms. The highest BCUT2D eigenvalue weighted by Gasteiger charge is 2.29. The second-order valence-electron chi connectivity index (χ2n) is 4.08. The van der Waals surface area contributed by atoms with Crippen LogP contribution in [0.1, 0.15) is 16.7 Å². The fraction of sp³-hybridized carbons (Fsp3) is 0.333. The smallest absolute Gasteiger partial charge is 0.337 e. The van der Waals surface area contributed by atoms with E-state index in [0.717, 1.165) is 16.7 Å². The third kappa shape index (κ3) is 4.31. The molecule has 18 heavy (non-hydrogen) atoms. The lowest BCUT2D eigenvalue weighted by atomic mass is 10.1. The summed E-state index contributed by atoms with van der Waals surface area (Å²) >= 11 is 1.55. The van der Waals surface area contributed by atoms with Crippen molar-refractivity contribution in [3.63, 3.8) is 0 Å². The summed E-state index contributed by atoms with van der Waals surface area (Å²) in [6.07, 6.45) is 2.95. The molecule has 0 saturated carbocycles. The maximum Gasteiger partial charge on any atom is 0.337 e. The number of carbonyl (C=O) groups excluding carboxylic acids is 1. The van der Waals surface area contributed by atoms with Gasteiger partial charge in [0.1, 0.15) is 0 Å². The summed E-state index contributed by atoms with van der Waals surface area (Å²) in [4.78, 5) is 24.1. The summed E-state index contributed by atoms with van der Waals surface area (Å²) in [5.74, 6) is -1.82. The van der Waals surface area contributed by atoms with E-state index in [4.69, 9.17) is 5.11 Å². The Morgan fingerprint density at radius 3 is 2.67 bits per heavy atom. The van der Waals surface area contributed by atoms with Gasteiger partial charge in [-0.15, -0.1) is 11.3 Å². The normalized spacial score (nSPS) is 14.4. The molecule has 0 aliphatic heterocycles. The number of aliphatic carboxylic acids is 1. The maximum absolute atomic E-state index is 11.4. The lowest BCUT2D eigenvalue weighted by molar-refractivity contribution is -0.156. The predicted molar refractivity (Wildman–Crippen MR) is 69.4 cm³/mol. The van der Waals surface area contributed by atoms with E-state index in [1.165, 1.54) is 6.08 Å². The molecule has 0 bridgehead atoms. The van der Waals surface area contributed by atoms with Gasteiger partial charge in [0.25, 0.3) is 0 Å². The fourth-order valence-corrected chi connectivity index (χ4v) is 1.87. The van der Waals surface area contributed by atoms with Crippen molar-refractivity contribution in [2.24, 2.45) is 0 Å². The Labute approximate surface area is 109 Å². The number of nitrogens with one attached hydrogen (secondary N) is 1. The number of hydrogen-bond donors (Lipinski definition) is 3. The molecule has 1 aromatic heterocycles. The van der Waals surface area contributed by atoms with Gasteiger partial charge in [0.2, 0.25) is 5.91 Å². The zero-order valence-corrected chi connectivity index (χ0v) is 11.0. The van der Waals surface area contributed by atoms with Crippen LogP contribution in [0.25, 0.3) is 6.08 Å². The average Bonchev–Trinajstić information content (AvgIpc) is 2.69. The van der Waals surface area contributed by atoms with Crippen LogP contribution in [0.3, 0.4) is 0 Å². The Morgan fingerprint density at radius 1 is 1.50 bits per heavy atom. The van der Waals surface area contributed by atoms with E-state index in [1.54, 1.807) is 17.4 Å². The van der Waals surface area contributed by atoms with Gasteiger partial charge in [-0.3, -0.25) is 4.79 Å². The quantitative estimate of drug-likeness (QED) is 0.697. The number of carboxylic acids is 1. The van der Waals surface area contributed by atoms with Crippen molar-refractivity contribution in [2.75, 3.05) is 6.54 Å². The van der Waals surface area contributed by atoms with Crippen molar-refractivity contribution in [3.05, 3.63) is 28.0 Å². The second-order valence-corrected chi connectivity index (χ2v) is 5.40. The van der Waals surface area contributed by atoms with Gasteiger partial charge < -0.3 is 15.5 Å². The number of thiophene rings is 1. The second kappa shape index (κ2) is 5.79. The Hall–Kier alpha value is -1.66. The van der Waals surface area contributed by atoms with Gasteiger partial charge in [-0.2, -0.15) is 0 Å². The Balaban J connectivity index is 2.48. The summed E-state index contributed by atoms with van der Waals surface area (Å²) < 4.78 is 0. The third-order valence-corrected chi connectivity index (χ3v) is 3.19. The van der Waals surface area contributed by atoms with Crippen LogP contribution < -0.4 is 5.32 Å². The van der Waals surface area contributed by atoms with Crippen LogP contribution >= 0.6 is 11.3 Å². The van der Waals surface area contributed by atoms with Crippen molar-refractivity contribution in [1.82, 2.24) is 5.32 Å². The molecule has 1 aromatic rings. The molecule has 5 nitrogen and oxygen atoms in total. The summed E-state index contributed by atoms with van der Waals surface area (Å²) in [6.45, 7) is 2.75. The van der Waals surface area contributed by atoms with Gasteiger partial charge in [-0.05, 0) is 32.1 Å². The molecule has 3 N–H and O–H groups in total. The van der Waals surface area contributed by atoms with E-state index in [1.807, 2.05) is 19.1 Å². The van der Waals surface area contributed by atoms with Crippen LogP contribution in [-0.4, -0.2) is 34.2 Å². The van der Waals surface area contributed by atoms with Gasteiger partial charge in [-0.25, -0.2) is 4.79 Å². The number of hydrogen-bond acceptors (Lipinski definition) is 4. The van der Waals surface area contributed by atoms with E-state index < -0.39 is 17.5 Å². The summed E-state index contributed by atoms with van der Waals surface area (Å²) in [5.41, 5.74) is -1.96. The van der Waals surface area contributed by atoms with Crippen LogP contribution in [0.15, 0.2) is 18.2 Å². The Bertz CT molecular complexity index is 476. The van der Waals surface area contributed by atoms with Crippen molar-refractivity contribution < 1.29 is 19.8 Å². The molecule has 0 aromatic carbocycles. The largest absolute Gasteiger partial charge is 0.479 e. The molecule has 1 rings (SSSR count). The Kier molecular flexibility index (Phi) is 4.63. The number of carboxylic acid groups (broad SMARTS) is 1. The van der Waals surface area contributed by atoms with E-state index >= 15 is 0 Å². The summed E-state index contributed by atoms with van der Waals surface area (Å²) in [7, 11) is 0. The Morgan fingerprint density at radius 2 is 2.17 bits per heavy atom. The fourth-order valence-electron chi connectivity index (χ4n) is 1.09. The number of aliphatic hydroxyl groups is 1. The highest BCUT2D eigenvalue weighted by Crippen LogP contribution is 2.16. The zero-order valence-electron chi connectivity index (χ0n) is 10.1. The van der Waals surface area contributed by atoms with E-state index in [0.29, 0.717) is 0 Å². The summed E-state index contributed by atoms with van der Waals surface area (Å²) in [6, 6.07) is 3.83. The first-order chi connectivity index (χ1) is 8.31. The molecule has 1 heterocycles. The van der Waals surface area contributed by atoms with Gasteiger partial charge >= 0.3 is 5.97 Å². The van der Waals surface area contributed by atoms with Crippen molar-refractivity contribution in [3.8, 4) is 0 Å². The summed E-state index contributed by atoms with van der Waals surface area (Å²) in [5, 5.41) is 20.4. The van der Waals surface area contributed by atoms with Gasteiger partial charge in [0.15, 0.2) is 5.60 Å². The van der Waals surface area contributed by atoms with Crippen LogP contribution in [0.5, 0.6) is 0 Å². The molecule has 1 unspecified atom stereocenters. The highest BCUT2D eigenvalue weighted by atomic mass is 32.1. The minimum Gasteiger partial charge on any atom is -0.479 e. The van der Waals surface area contributed by atoms with Crippen molar-refractivity contribution in [2.45, 2.75) is 19.4 Å². The molecule has 98 valence electrons. The van der Waals surface area contributed by atoms with E-state index in [-0.39, 0.29) is 6.54 Å². The molecule has 0 saturated heterocycles. The van der Waals surface area contributed by atoms with Crippen LogP contribution in [-0.2, 0) is 9.59 Å². The molecule has 6 heteroatoms. The molecule has 1 amide bonds. The highest BCUT2D eigenvalue weighted by molar-refractivity contribution is 7.12.